The van der Waals surface area contributed by atoms with Gasteiger partial charge in [0.1, 0.15) is 12.0 Å². The van der Waals surface area contributed by atoms with E-state index < -0.39 is 18.0 Å². The first-order chi connectivity index (χ1) is 15.3. The maximum absolute atomic E-state index is 12.9. The third kappa shape index (κ3) is 5.24. The van der Waals surface area contributed by atoms with Crippen molar-refractivity contribution in [1.29, 1.82) is 0 Å². The Morgan fingerprint density at radius 3 is 2.28 bits per heavy atom. The summed E-state index contributed by atoms with van der Waals surface area (Å²) >= 11 is 0. The van der Waals surface area contributed by atoms with Crippen LogP contribution in [0.1, 0.15) is 37.3 Å². The fraction of sp³-hybridized carbons (Fsp3) is 0.542. The van der Waals surface area contributed by atoms with Crippen LogP contribution in [0, 0.1) is 0 Å². The summed E-state index contributed by atoms with van der Waals surface area (Å²) in [7, 11) is 0. The molecule has 0 spiro atoms. The highest BCUT2D eigenvalue weighted by Gasteiger charge is 2.50. The predicted octanol–water partition coefficient (Wildman–Crippen LogP) is 3.99. The molecule has 32 heavy (non-hydrogen) atoms. The van der Waals surface area contributed by atoms with Crippen LogP contribution in [0.3, 0.4) is 0 Å². The first kappa shape index (κ1) is 23.0. The molecule has 5 nitrogen and oxygen atoms in total. The number of alkyl halides is 3. The van der Waals surface area contributed by atoms with Crippen molar-refractivity contribution in [3.05, 3.63) is 59.8 Å². The van der Waals surface area contributed by atoms with Crippen LogP contribution >= 0.6 is 0 Å². The van der Waals surface area contributed by atoms with Gasteiger partial charge in [-0.3, -0.25) is 9.80 Å². The largest absolute Gasteiger partial charge is 0.417 e. The van der Waals surface area contributed by atoms with Gasteiger partial charge in [-0.05, 0) is 37.0 Å². The van der Waals surface area contributed by atoms with Gasteiger partial charge in [-0.25, -0.2) is 4.98 Å². The van der Waals surface area contributed by atoms with Crippen molar-refractivity contribution in [2.24, 2.45) is 0 Å². The molecule has 0 bridgehead atoms. The summed E-state index contributed by atoms with van der Waals surface area (Å²) in [4.78, 5) is 10.8. The van der Waals surface area contributed by atoms with Crippen LogP contribution in [0.25, 0.3) is 0 Å². The third-order valence-electron chi connectivity index (χ3n) is 6.68. The zero-order valence-corrected chi connectivity index (χ0v) is 18.4. The Hall–Kier alpha value is -2.16. The predicted molar refractivity (Wildman–Crippen MR) is 118 cm³/mol. The van der Waals surface area contributed by atoms with Gasteiger partial charge in [-0.1, -0.05) is 37.3 Å². The number of rotatable bonds is 8. The molecule has 1 aromatic heterocycles. The van der Waals surface area contributed by atoms with Gasteiger partial charge >= 0.3 is 6.18 Å². The van der Waals surface area contributed by atoms with Gasteiger partial charge in [0.15, 0.2) is 0 Å². The summed E-state index contributed by atoms with van der Waals surface area (Å²) in [5.41, 5.74) is 0.495. The molecule has 1 unspecified atom stereocenters. The zero-order valence-electron chi connectivity index (χ0n) is 18.4. The molecule has 0 radical (unpaired) electrons. The fourth-order valence-electron chi connectivity index (χ4n) is 4.54. The molecule has 1 aromatic carbocycles. The van der Waals surface area contributed by atoms with E-state index in [4.69, 9.17) is 0 Å². The number of aliphatic hydroxyl groups excluding tert-OH is 1. The van der Waals surface area contributed by atoms with E-state index in [-0.39, 0.29) is 5.54 Å². The molecular formula is C24H31F3N4O. The molecule has 4 rings (SSSR count). The number of hydrogen-bond donors (Lipinski definition) is 1. The lowest BCUT2D eigenvalue weighted by Crippen LogP contribution is -2.55. The summed E-state index contributed by atoms with van der Waals surface area (Å²) in [6, 6.07) is 12.9. The molecule has 1 saturated heterocycles. The minimum atomic E-state index is -4.42. The Morgan fingerprint density at radius 1 is 1.06 bits per heavy atom. The van der Waals surface area contributed by atoms with E-state index in [0.717, 1.165) is 57.8 Å². The highest BCUT2D eigenvalue weighted by Crippen LogP contribution is 2.44. The van der Waals surface area contributed by atoms with Crippen molar-refractivity contribution >= 4 is 5.82 Å². The van der Waals surface area contributed by atoms with Gasteiger partial charge in [-0.2, -0.15) is 13.2 Å². The molecule has 0 amide bonds. The van der Waals surface area contributed by atoms with Gasteiger partial charge in [-0.15, -0.1) is 0 Å². The molecule has 2 heterocycles. The number of hydrogen-bond acceptors (Lipinski definition) is 5. The van der Waals surface area contributed by atoms with E-state index in [9.17, 15) is 18.3 Å². The van der Waals surface area contributed by atoms with Crippen LogP contribution in [0.4, 0.5) is 19.0 Å². The van der Waals surface area contributed by atoms with Crippen molar-refractivity contribution in [3.63, 3.8) is 0 Å². The molecule has 1 saturated carbocycles. The number of halogens is 3. The van der Waals surface area contributed by atoms with Crippen LogP contribution in [0.5, 0.6) is 0 Å². The number of pyridine rings is 1. The standard InChI is InChI=1S/C24H31F3N4O/c1-2-22(32)31(21-9-8-20(16-28-21)24(25,26)27)18-23(10-11-23)30-14-12-29(13-15-30)17-19-6-4-3-5-7-19/h3-9,16,22,32H,2,10-15,17-18H2,1H3. The first-order valence-corrected chi connectivity index (χ1v) is 11.3. The van der Waals surface area contributed by atoms with E-state index in [1.54, 1.807) is 4.90 Å². The van der Waals surface area contributed by atoms with Crippen molar-refractivity contribution in [1.82, 2.24) is 14.8 Å². The van der Waals surface area contributed by atoms with E-state index in [1.165, 1.54) is 11.6 Å². The summed E-state index contributed by atoms with van der Waals surface area (Å²) in [6.45, 7) is 7.23. The fourth-order valence-corrected chi connectivity index (χ4v) is 4.54. The van der Waals surface area contributed by atoms with Gasteiger partial charge in [0.05, 0.1) is 5.56 Å². The third-order valence-corrected chi connectivity index (χ3v) is 6.68. The molecule has 1 N–H and O–H groups in total. The Morgan fingerprint density at radius 2 is 1.75 bits per heavy atom. The Labute approximate surface area is 187 Å². The topological polar surface area (TPSA) is 42.8 Å². The second-order valence-corrected chi connectivity index (χ2v) is 8.89. The lowest BCUT2D eigenvalue weighted by Gasteiger charge is -2.42. The number of aromatic nitrogens is 1. The van der Waals surface area contributed by atoms with Crippen LogP contribution in [-0.4, -0.2) is 64.4 Å². The highest BCUT2D eigenvalue weighted by molar-refractivity contribution is 5.42. The Balaban J connectivity index is 1.40. The van der Waals surface area contributed by atoms with E-state index in [2.05, 4.69) is 39.0 Å². The summed E-state index contributed by atoms with van der Waals surface area (Å²) in [5, 5.41) is 10.6. The minimum Gasteiger partial charge on any atom is -0.374 e. The average Bonchev–Trinajstić information content (AvgIpc) is 3.58. The van der Waals surface area contributed by atoms with Gasteiger partial charge < -0.3 is 10.0 Å². The number of anilines is 1. The van der Waals surface area contributed by atoms with Crippen LogP contribution < -0.4 is 4.90 Å². The van der Waals surface area contributed by atoms with Crippen molar-refractivity contribution in [3.8, 4) is 0 Å². The summed E-state index contributed by atoms with van der Waals surface area (Å²) in [6.07, 6.45) is -1.82. The first-order valence-electron chi connectivity index (χ1n) is 11.3. The Kier molecular flexibility index (Phi) is 6.74. The zero-order chi connectivity index (χ0) is 22.8. The lowest BCUT2D eigenvalue weighted by molar-refractivity contribution is -0.137. The maximum atomic E-state index is 12.9. The second kappa shape index (κ2) is 9.37. The minimum absolute atomic E-state index is 0.0423. The lowest BCUT2D eigenvalue weighted by atomic mass is 10.1. The van der Waals surface area contributed by atoms with E-state index >= 15 is 0 Å². The molecule has 2 fully saturated rings. The van der Waals surface area contributed by atoms with Crippen LogP contribution in [0.2, 0.25) is 0 Å². The molecule has 1 aliphatic carbocycles. The summed E-state index contributed by atoms with van der Waals surface area (Å²) < 4.78 is 38.8. The van der Waals surface area contributed by atoms with Crippen molar-refractivity contribution < 1.29 is 18.3 Å². The van der Waals surface area contributed by atoms with Crippen LogP contribution in [0.15, 0.2) is 48.7 Å². The van der Waals surface area contributed by atoms with Crippen LogP contribution in [-0.2, 0) is 12.7 Å². The molecule has 174 valence electrons. The highest BCUT2D eigenvalue weighted by atomic mass is 19.4. The number of piperazine rings is 1. The SMILES string of the molecule is CCC(O)N(CC1(N2CCN(Cc3ccccc3)CC2)CC1)c1ccc(C(F)(F)F)cn1. The average molecular weight is 449 g/mol. The number of nitrogens with zero attached hydrogens (tertiary/aromatic N) is 4. The number of benzene rings is 1. The van der Waals surface area contributed by atoms with Gasteiger partial charge in [0.25, 0.3) is 0 Å². The maximum Gasteiger partial charge on any atom is 0.417 e. The van der Waals surface area contributed by atoms with Crippen molar-refractivity contribution in [2.45, 2.75) is 50.7 Å². The molecule has 1 aliphatic heterocycles. The van der Waals surface area contributed by atoms with Gasteiger partial charge in [0, 0.05) is 51.0 Å². The monoisotopic (exact) mass is 448 g/mol. The second-order valence-electron chi connectivity index (χ2n) is 8.89. The summed E-state index contributed by atoms with van der Waals surface area (Å²) in [5.74, 6) is 0.390. The van der Waals surface area contributed by atoms with E-state index in [1.807, 2.05) is 13.0 Å². The normalized spacial score (nSPS) is 20.2. The Bertz CT molecular complexity index is 863. The number of aliphatic hydroxyl groups is 1. The molecule has 2 aromatic rings. The van der Waals surface area contributed by atoms with E-state index in [0.29, 0.717) is 18.8 Å². The quantitative estimate of drug-likeness (QED) is 0.619. The van der Waals surface area contributed by atoms with Gasteiger partial charge in [0.2, 0.25) is 0 Å². The molecular weight excluding hydrogens is 417 g/mol. The molecule has 8 heteroatoms. The molecule has 1 atom stereocenters. The molecule has 2 aliphatic rings. The smallest absolute Gasteiger partial charge is 0.374 e. The van der Waals surface area contributed by atoms with Crippen molar-refractivity contribution in [2.75, 3.05) is 37.6 Å².